The molecular weight excluding hydrogens is 452 g/mol. The first-order valence-electron chi connectivity index (χ1n) is 10.4. The van der Waals surface area contributed by atoms with Crippen LogP contribution in [0, 0.1) is 0 Å². The Morgan fingerprint density at radius 3 is 1.82 bits per heavy atom. The molecule has 7 nitrogen and oxygen atoms in total. The average molecular weight is 481 g/mol. The van der Waals surface area contributed by atoms with Gasteiger partial charge in [-0.05, 0) is 71.9 Å². The minimum Gasteiger partial charge on any atom is -0.497 e. The Kier molecular flexibility index (Phi) is 8.59. The minimum atomic E-state index is 0.439. The Bertz CT molecular complexity index is 1140. The SMILES string of the molecule is COc1ccc(NC(=S)Nc2cc(/C=C\c3cc(OC)c(OC)c(OC)c3)ccc2OC)cc1. The molecule has 0 aliphatic carbocycles. The van der Waals surface area contributed by atoms with Crippen molar-refractivity contribution < 1.29 is 23.7 Å². The number of ether oxygens (including phenoxy) is 5. The summed E-state index contributed by atoms with van der Waals surface area (Å²) < 4.78 is 26.9. The van der Waals surface area contributed by atoms with Crippen molar-refractivity contribution >= 4 is 40.9 Å². The van der Waals surface area contributed by atoms with Crippen molar-refractivity contribution in [2.24, 2.45) is 0 Å². The minimum absolute atomic E-state index is 0.439. The Hall–Kier alpha value is -3.91. The van der Waals surface area contributed by atoms with Gasteiger partial charge < -0.3 is 34.3 Å². The highest BCUT2D eigenvalue weighted by atomic mass is 32.1. The van der Waals surface area contributed by atoms with Gasteiger partial charge in [0.2, 0.25) is 5.75 Å². The summed E-state index contributed by atoms with van der Waals surface area (Å²) in [5, 5.41) is 6.80. The molecule has 0 spiro atoms. The smallest absolute Gasteiger partial charge is 0.203 e. The molecule has 178 valence electrons. The van der Waals surface area contributed by atoms with Crippen LogP contribution in [0.15, 0.2) is 54.6 Å². The van der Waals surface area contributed by atoms with Crippen molar-refractivity contribution in [1.82, 2.24) is 0 Å². The molecule has 0 bridgehead atoms. The molecule has 3 aromatic carbocycles. The van der Waals surface area contributed by atoms with Gasteiger partial charge in [-0.2, -0.15) is 0 Å². The molecule has 34 heavy (non-hydrogen) atoms. The van der Waals surface area contributed by atoms with Crippen LogP contribution < -0.4 is 34.3 Å². The lowest BCUT2D eigenvalue weighted by Crippen LogP contribution is -2.19. The van der Waals surface area contributed by atoms with Gasteiger partial charge in [0.05, 0.1) is 41.2 Å². The number of rotatable bonds is 9. The van der Waals surface area contributed by atoms with E-state index in [-0.39, 0.29) is 0 Å². The van der Waals surface area contributed by atoms with E-state index in [4.69, 9.17) is 35.9 Å². The summed E-state index contributed by atoms with van der Waals surface area (Å²) in [5.41, 5.74) is 3.43. The van der Waals surface area contributed by atoms with Gasteiger partial charge in [-0.25, -0.2) is 0 Å². The predicted octanol–water partition coefficient (Wildman–Crippen LogP) is 5.71. The lowest BCUT2D eigenvalue weighted by Gasteiger charge is -2.14. The van der Waals surface area contributed by atoms with E-state index in [1.807, 2.05) is 66.7 Å². The molecule has 0 aromatic heterocycles. The van der Waals surface area contributed by atoms with Crippen LogP contribution in [0.1, 0.15) is 11.1 Å². The van der Waals surface area contributed by atoms with Gasteiger partial charge in [0.1, 0.15) is 11.5 Å². The third-order valence-corrected chi connectivity index (χ3v) is 5.18. The molecule has 0 atom stereocenters. The first kappa shape index (κ1) is 24.7. The fraction of sp³-hybridized carbons (Fsp3) is 0.192. The zero-order chi connectivity index (χ0) is 24.5. The number of methoxy groups -OCH3 is 5. The standard InChI is InChI=1S/C26H28N2O5S/c1-29-20-11-9-19(10-12-20)27-26(34)28-21-14-17(8-13-22(21)30-2)6-7-18-15-23(31-3)25(33-5)24(16-18)32-4/h6-16H,1-5H3,(H2,27,28,34)/b7-6-. The highest BCUT2D eigenvalue weighted by Crippen LogP contribution is 2.38. The Morgan fingerprint density at radius 1 is 0.647 bits per heavy atom. The van der Waals surface area contributed by atoms with E-state index < -0.39 is 0 Å². The monoisotopic (exact) mass is 480 g/mol. The number of hydrogen-bond acceptors (Lipinski definition) is 6. The first-order valence-corrected chi connectivity index (χ1v) is 10.8. The first-order chi connectivity index (χ1) is 16.5. The molecule has 0 heterocycles. The summed E-state index contributed by atoms with van der Waals surface area (Å²) >= 11 is 5.48. The van der Waals surface area contributed by atoms with Gasteiger partial charge in [-0.15, -0.1) is 0 Å². The summed E-state index contributed by atoms with van der Waals surface area (Å²) in [6.07, 6.45) is 3.94. The van der Waals surface area contributed by atoms with Crippen molar-refractivity contribution in [2.45, 2.75) is 0 Å². The number of anilines is 2. The quantitative estimate of drug-likeness (QED) is 0.298. The van der Waals surface area contributed by atoms with Gasteiger partial charge in [0.15, 0.2) is 16.6 Å². The third-order valence-electron chi connectivity index (χ3n) is 4.97. The summed E-state index contributed by atoms with van der Waals surface area (Å²) in [6.45, 7) is 0. The molecule has 0 aliphatic heterocycles. The molecule has 0 saturated heterocycles. The maximum absolute atomic E-state index is 5.49. The topological polar surface area (TPSA) is 70.2 Å². The van der Waals surface area contributed by atoms with E-state index in [1.54, 1.807) is 35.5 Å². The molecule has 3 rings (SSSR count). The fourth-order valence-corrected chi connectivity index (χ4v) is 3.50. The molecule has 0 amide bonds. The van der Waals surface area contributed by atoms with E-state index in [1.165, 1.54) is 0 Å². The zero-order valence-corrected chi connectivity index (χ0v) is 20.6. The van der Waals surface area contributed by atoms with Gasteiger partial charge in [-0.1, -0.05) is 18.2 Å². The van der Waals surface area contributed by atoms with Crippen molar-refractivity contribution in [3.63, 3.8) is 0 Å². The number of hydrogen-bond donors (Lipinski definition) is 2. The van der Waals surface area contributed by atoms with Crippen LogP contribution in [0.2, 0.25) is 0 Å². The van der Waals surface area contributed by atoms with E-state index >= 15 is 0 Å². The second kappa shape index (κ2) is 11.8. The van der Waals surface area contributed by atoms with E-state index in [9.17, 15) is 0 Å². The molecule has 3 aromatic rings. The fourth-order valence-electron chi connectivity index (χ4n) is 3.28. The van der Waals surface area contributed by atoms with Crippen molar-refractivity contribution in [1.29, 1.82) is 0 Å². The molecule has 0 unspecified atom stereocenters. The van der Waals surface area contributed by atoms with Crippen LogP contribution in [0.3, 0.4) is 0 Å². The molecule has 2 N–H and O–H groups in total. The average Bonchev–Trinajstić information content (AvgIpc) is 2.87. The van der Waals surface area contributed by atoms with E-state index in [0.717, 1.165) is 28.3 Å². The largest absolute Gasteiger partial charge is 0.497 e. The van der Waals surface area contributed by atoms with Crippen LogP contribution in [0.4, 0.5) is 11.4 Å². The van der Waals surface area contributed by atoms with Crippen molar-refractivity contribution in [3.8, 4) is 28.7 Å². The summed E-state index contributed by atoms with van der Waals surface area (Å²) in [6, 6.07) is 17.1. The molecular formula is C26H28N2O5S. The molecule has 0 fully saturated rings. The van der Waals surface area contributed by atoms with Gasteiger partial charge in [0, 0.05) is 5.69 Å². The Labute approximate surface area is 205 Å². The summed E-state index contributed by atoms with van der Waals surface area (Å²) in [4.78, 5) is 0. The van der Waals surface area contributed by atoms with Crippen LogP contribution in [-0.4, -0.2) is 40.7 Å². The molecule has 0 radical (unpaired) electrons. The summed E-state index contributed by atoms with van der Waals surface area (Å²) in [5.74, 6) is 3.18. The molecule has 0 saturated carbocycles. The second-order valence-corrected chi connectivity index (χ2v) is 7.47. The van der Waals surface area contributed by atoms with Gasteiger partial charge >= 0.3 is 0 Å². The molecule has 8 heteroatoms. The lowest BCUT2D eigenvalue weighted by molar-refractivity contribution is 0.324. The van der Waals surface area contributed by atoms with Gasteiger partial charge in [0.25, 0.3) is 0 Å². The van der Waals surface area contributed by atoms with Crippen LogP contribution >= 0.6 is 12.2 Å². The van der Waals surface area contributed by atoms with E-state index in [0.29, 0.717) is 28.1 Å². The van der Waals surface area contributed by atoms with E-state index in [2.05, 4.69) is 10.6 Å². The third kappa shape index (κ3) is 6.11. The highest BCUT2D eigenvalue weighted by molar-refractivity contribution is 7.80. The zero-order valence-electron chi connectivity index (χ0n) is 19.8. The van der Waals surface area contributed by atoms with Gasteiger partial charge in [-0.3, -0.25) is 0 Å². The maximum Gasteiger partial charge on any atom is 0.203 e. The van der Waals surface area contributed by atoms with Crippen LogP contribution in [0.5, 0.6) is 28.7 Å². The molecule has 0 aliphatic rings. The summed E-state index contributed by atoms with van der Waals surface area (Å²) in [7, 11) is 8.01. The Morgan fingerprint density at radius 2 is 1.26 bits per heavy atom. The highest BCUT2D eigenvalue weighted by Gasteiger charge is 2.12. The number of nitrogens with one attached hydrogen (secondary N) is 2. The maximum atomic E-state index is 5.49. The number of thiocarbonyl (C=S) groups is 1. The number of benzene rings is 3. The predicted molar refractivity (Wildman–Crippen MR) is 141 cm³/mol. The van der Waals surface area contributed by atoms with Crippen molar-refractivity contribution in [3.05, 3.63) is 65.7 Å². The lowest BCUT2D eigenvalue weighted by atomic mass is 10.1. The Balaban J connectivity index is 1.79. The van der Waals surface area contributed by atoms with Crippen molar-refractivity contribution in [2.75, 3.05) is 46.2 Å². The second-order valence-electron chi connectivity index (χ2n) is 7.06. The van der Waals surface area contributed by atoms with Crippen LogP contribution in [0.25, 0.3) is 12.2 Å². The van der Waals surface area contributed by atoms with Crippen LogP contribution in [-0.2, 0) is 0 Å². The normalized spacial score (nSPS) is 10.5.